The minimum atomic E-state index is -1.13. The Morgan fingerprint density at radius 3 is 2.40 bits per heavy atom. The first-order chi connectivity index (χ1) is 7.19. The summed E-state index contributed by atoms with van der Waals surface area (Å²) in [6.07, 6.45) is 0.522. The van der Waals surface area contributed by atoms with Crippen LogP contribution < -0.4 is 4.74 Å². The van der Waals surface area contributed by atoms with Gasteiger partial charge in [-0.1, -0.05) is 12.1 Å². The quantitative estimate of drug-likeness (QED) is 0.815. The van der Waals surface area contributed by atoms with E-state index in [1.54, 1.807) is 31.4 Å². The van der Waals surface area contributed by atoms with Crippen molar-refractivity contribution in [2.24, 2.45) is 0 Å². The topological polar surface area (TPSA) is 55.8 Å². The minimum absolute atomic E-state index is 0.498. The zero-order valence-electron chi connectivity index (χ0n) is 8.40. The van der Waals surface area contributed by atoms with Gasteiger partial charge < -0.3 is 14.6 Å². The molecule has 1 aromatic rings. The molecular weight excluding hydrogens is 196 g/mol. The molecule has 1 unspecified atom stereocenters. The maximum atomic E-state index is 11.1. The van der Waals surface area contributed by atoms with Gasteiger partial charge in [-0.2, -0.15) is 0 Å². The second-order valence-electron chi connectivity index (χ2n) is 3.46. The Balaban J connectivity index is 2.31. The number of rotatable bonds is 3. The normalized spacial score (nSPS) is 24.3. The molecule has 0 aliphatic carbocycles. The van der Waals surface area contributed by atoms with Crippen molar-refractivity contribution in [2.75, 3.05) is 13.7 Å². The van der Waals surface area contributed by atoms with Crippen LogP contribution in [-0.4, -0.2) is 24.8 Å². The summed E-state index contributed by atoms with van der Waals surface area (Å²) in [5.41, 5.74) is -0.464. The first-order valence-corrected chi connectivity index (χ1v) is 4.71. The van der Waals surface area contributed by atoms with Gasteiger partial charge in [0.15, 0.2) is 5.60 Å². The zero-order valence-corrected chi connectivity index (χ0v) is 8.40. The number of hydrogen-bond acceptors (Lipinski definition) is 3. The van der Waals surface area contributed by atoms with E-state index in [-0.39, 0.29) is 0 Å². The number of carboxylic acid groups (broad SMARTS) is 1. The Hall–Kier alpha value is -1.55. The molecule has 0 bridgehead atoms. The Labute approximate surface area is 87.4 Å². The van der Waals surface area contributed by atoms with Crippen LogP contribution in [0.3, 0.4) is 0 Å². The van der Waals surface area contributed by atoms with Crippen LogP contribution in [-0.2, 0) is 15.1 Å². The van der Waals surface area contributed by atoms with Gasteiger partial charge in [-0.3, -0.25) is 0 Å². The Bertz CT molecular complexity index is 365. The lowest BCUT2D eigenvalue weighted by molar-refractivity contribution is -0.197. The maximum Gasteiger partial charge on any atom is 0.340 e. The van der Waals surface area contributed by atoms with E-state index in [0.29, 0.717) is 24.3 Å². The largest absolute Gasteiger partial charge is 0.497 e. The van der Waals surface area contributed by atoms with Crippen LogP contribution in [0, 0.1) is 0 Å². The predicted molar refractivity (Wildman–Crippen MR) is 52.9 cm³/mol. The van der Waals surface area contributed by atoms with Crippen molar-refractivity contribution in [1.82, 2.24) is 0 Å². The van der Waals surface area contributed by atoms with Crippen molar-refractivity contribution < 1.29 is 19.4 Å². The number of carboxylic acids is 1. The molecule has 1 fully saturated rings. The molecule has 1 aliphatic heterocycles. The molecule has 4 heteroatoms. The van der Waals surface area contributed by atoms with Gasteiger partial charge >= 0.3 is 5.97 Å². The van der Waals surface area contributed by atoms with Crippen LogP contribution in [0.15, 0.2) is 24.3 Å². The standard InChI is InChI=1S/C11H12O4/c1-14-9-4-2-8(3-5-9)11(10(12)13)6-7-15-11/h2-5H,6-7H2,1H3,(H,12,13). The van der Waals surface area contributed by atoms with E-state index in [1.165, 1.54) is 0 Å². The van der Waals surface area contributed by atoms with Crippen molar-refractivity contribution in [1.29, 1.82) is 0 Å². The van der Waals surface area contributed by atoms with Gasteiger partial charge in [0.1, 0.15) is 5.75 Å². The van der Waals surface area contributed by atoms with Crippen molar-refractivity contribution in [3.8, 4) is 5.75 Å². The summed E-state index contributed by atoms with van der Waals surface area (Å²) in [4.78, 5) is 11.1. The van der Waals surface area contributed by atoms with Gasteiger partial charge in [-0.15, -0.1) is 0 Å². The minimum Gasteiger partial charge on any atom is -0.497 e. The highest BCUT2D eigenvalue weighted by Crippen LogP contribution is 2.38. The summed E-state index contributed by atoms with van der Waals surface area (Å²) in [5, 5.41) is 9.11. The van der Waals surface area contributed by atoms with Crippen molar-refractivity contribution in [3.05, 3.63) is 29.8 Å². The molecule has 0 aromatic heterocycles. The first-order valence-electron chi connectivity index (χ1n) is 4.71. The average Bonchev–Trinajstić information content (AvgIpc) is 2.16. The molecule has 1 atom stereocenters. The third-order valence-electron chi connectivity index (χ3n) is 2.70. The van der Waals surface area contributed by atoms with E-state index in [4.69, 9.17) is 14.6 Å². The molecule has 1 heterocycles. The molecule has 15 heavy (non-hydrogen) atoms. The van der Waals surface area contributed by atoms with Gasteiger partial charge in [-0.05, 0) is 17.7 Å². The maximum absolute atomic E-state index is 11.1. The van der Waals surface area contributed by atoms with Gasteiger partial charge in [0.05, 0.1) is 13.7 Å². The molecule has 80 valence electrons. The Morgan fingerprint density at radius 1 is 1.47 bits per heavy atom. The van der Waals surface area contributed by atoms with E-state index in [2.05, 4.69) is 0 Å². The summed E-state index contributed by atoms with van der Waals surface area (Å²) in [6, 6.07) is 6.93. The van der Waals surface area contributed by atoms with E-state index in [9.17, 15) is 4.79 Å². The van der Waals surface area contributed by atoms with Crippen molar-refractivity contribution >= 4 is 5.97 Å². The van der Waals surface area contributed by atoms with E-state index < -0.39 is 11.6 Å². The monoisotopic (exact) mass is 208 g/mol. The molecule has 1 aromatic carbocycles. The Morgan fingerprint density at radius 2 is 2.07 bits per heavy atom. The van der Waals surface area contributed by atoms with E-state index >= 15 is 0 Å². The molecule has 1 saturated heterocycles. The van der Waals surface area contributed by atoms with Crippen LogP contribution in [0.25, 0.3) is 0 Å². The molecule has 0 amide bonds. The third kappa shape index (κ3) is 1.47. The van der Waals surface area contributed by atoms with Gasteiger partial charge in [-0.25, -0.2) is 4.79 Å². The fraction of sp³-hybridized carbons (Fsp3) is 0.364. The summed E-state index contributed by atoms with van der Waals surface area (Å²) in [5.74, 6) is -0.225. The average molecular weight is 208 g/mol. The SMILES string of the molecule is COc1ccc(C2(C(=O)O)CCO2)cc1. The van der Waals surface area contributed by atoms with Crippen LogP contribution in [0.4, 0.5) is 0 Å². The highest BCUT2D eigenvalue weighted by Gasteiger charge is 2.47. The van der Waals surface area contributed by atoms with Crippen LogP contribution in [0.5, 0.6) is 5.75 Å². The molecule has 0 radical (unpaired) electrons. The van der Waals surface area contributed by atoms with Gasteiger partial charge in [0, 0.05) is 6.42 Å². The molecular formula is C11H12O4. The first kappa shape index (κ1) is 9.98. The zero-order chi connectivity index (χ0) is 10.9. The fourth-order valence-corrected chi connectivity index (χ4v) is 1.69. The summed E-state index contributed by atoms with van der Waals surface area (Å²) < 4.78 is 10.2. The molecule has 1 aliphatic rings. The summed E-state index contributed by atoms with van der Waals surface area (Å²) in [7, 11) is 1.57. The lowest BCUT2D eigenvalue weighted by Crippen LogP contribution is -2.47. The molecule has 2 rings (SSSR count). The Kier molecular flexibility index (Phi) is 2.36. The smallest absolute Gasteiger partial charge is 0.340 e. The number of aliphatic carboxylic acids is 1. The van der Waals surface area contributed by atoms with Crippen LogP contribution in [0.2, 0.25) is 0 Å². The molecule has 1 N–H and O–H groups in total. The lowest BCUT2D eigenvalue weighted by atomic mass is 9.86. The molecule has 0 saturated carbocycles. The second-order valence-corrected chi connectivity index (χ2v) is 3.46. The highest BCUT2D eigenvalue weighted by atomic mass is 16.5. The summed E-state index contributed by atoms with van der Waals surface area (Å²) >= 11 is 0. The van der Waals surface area contributed by atoms with Crippen LogP contribution in [0.1, 0.15) is 12.0 Å². The molecule has 0 spiro atoms. The number of methoxy groups -OCH3 is 1. The number of benzene rings is 1. The number of carbonyl (C=O) groups is 1. The van der Waals surface area contributed by atoms with Crippen LogP contribution >= 0.6 is 0 Å². The van der Waals surface area contributed by atoms with Gasteiger partial charge in [0.2, 0.25) is 0 Å². The number of ether oxygens (including phenoxy) is 2. The van der Waals surface area contributed by atoms with Gasteiger partial charge in [0.25, 0.3) is 0 Å². The van der Waals surface area contributed by atoms with Crippen molar-refractivity contribution in [2.45, 2.75) is 12.0 Å². The highest BCUT2D eigenvalue weighted by molar-refractivity contribution is 5.80. The lowest BCUT2D eigenvalue weighted by Gasteiger charge is -2.38. The summed E-state index contributed by atoms with van der Waals surface area (Å²) in [6.45, 7) is 0.498. The predicted octanol–water partition coefficient (Wildman–Crippen LogP) is 1.40. The van der Waals surface area contributed by atoms with E-state index in [1.807, 2.05) is 0 Å². The molecule has 4 nitrogen and oxygen atoms in total. The fourth-order valence-electron chi connectivity index (χ4n) is 1.69. The number of hydrogen-bond donors (Lipinski definition) is 1. The van der Waals surface area contributed by atoms with E-state index in [0.717, 1.165) is 0 Å². The van der Waals surface area contributed by atoms with Crippen molar-refractivity contribution in [3.63, 3.8) is 0 Å². The third-order valence-corrected chi connectivity index (χ3v) is 2.70. The second kappa shape index (κ2) is 3.55.